The second kappa shape index (κ2) is 3.82. The third kappa shape index (κ3) is 2.30. The van der Waals surface area contributed by atoms with E-state index in [1.165, 1.54) is 0 Å². The summed E-state index contributed by atoms with van der Waals surface area (Å²) >= 11 is 0. The summed E-state index contributed by atoms with van der Waals surface area (Å²) < 4.78 is 5.06. The lowest BCUT2D eigenvalue weighted by molar-refractivity contribution is 0.187. The van der Waals surface area contributed by atoms with Crippen LogP contribution in [-0.2, 0) is 4.74 Å². The predicted molar refractivity (Wildman–Crippen MR) is 34.1 cm³/mol. The molecule has 54 valence electrons. The van der Waals surface area contributed by atoms with Crippen LogP contribution in [0, 0.1) is 0 Å². The first-order valence-corrected chi connectivity index (χ1v) is 3.35. The van der Waals surface area contributed by atoms with Gasteiger partial charge in [-0.25, -0.2) is 0 Å². The van der Waals surface area contributed by atoms with Crippen LogP contribution in [0.1, 0.15) is 12.8 Å². The number of aliphatic hydroxyl groups is 1. The first-order chi connectivity index (χ1) is 4.43. The molecule has 1 heterocycles. The van der Waals surface area contributed by atoms with E-state index in [-0.39, 0.29) is 6.61 Å². The van der Waals surface area contributed by atoms with Crippen LogP contribution in [-0.4, -0.2) is 31.1 Å². The van der Waals surface area contributed by atoms with Gasteiger partial charge in [-0.3, -0.25) is 5.32 Å². The Morgan fingerprint density at radius 1 is 1.67 bits per heavy atom. The highest BCUT2D eigenvalue weighted by Crippen LogP contribution is 2.01. The van der Waals surface area contributed by atoms with Gasteiger partial charge in [-0.2, -0.15) is 0 Å². The lowest BCUT2D eigenvalue weighted by atomic mass is 10.2. The summed E-state index contributed by atoms with van der Waals surface area (Å²) in [6, 6.07) is 0.483. The molecule has 9 heavy (non-hydrogen) atoms. The first-order valence-electron chi connectivity index (χ1n) is 3.35. The molecule has 0 saturated carbocycles. The minimum Gasteiger partial charge on any atom is -0.396 e. The van der Waals surface area contributed by atoms with Gasteiger partial charge in [-0.1, -0.05) is 0 Å². The maximum absolute atomic E-state index is 8.46. The highest BCUT2D eigenvalue weighted by molar-refractivity contribution is 4.67. The molecule has 0 radical (unpaired) electrons. The fourth-order valence-electron chi connectivity index (χ4n) is 0.960. The molecule has 1 atom stereocenters. The second-order valence-electron chi connectivity index (χ2n) is 2.28. The molecule has 1 saturated heterocycles. The molecule has 1 aliphatic heterocycles. The van der Waals surface area contributed by atoms with Crippen LogP contribution in [0.2, 0.25) is 0 Å². The minimum atomic E-state index is 0.290. The Morgan fingerprint density at radius 2 is 2.56 bits per heavy atom. The molecule has 0 aromatic rings. The largest absolute Gasteiger partial charge is 0.396 e. The van der Waals surface area contributed by atoms with E-state index in [0.717, 1.165) is 19.4 Å². The maximum Gasteiger partial charge on any atom is 0.0968 e. The smallest absolute Gasteiger partial charge is 0.0968 e. The van der Waals surface area contributed by atoms with Crippen LogP contribution < -0.4 is 5.32 Å². The topological polar surface area (TPSA) is 41.5 Å². The van der Waals surface area contributed by atoms with Crippen molar-refractivity contribution in [1.82, 2.24) is 5.32 Å². The summed E-state index contributed by atoms with van der Waals surface area (Å²) in [6.07, 6.45) is 1.90. The van der Waals surface area contributed by atoms with E-state index < -0.39 is 0 Å². The summed E-state index contributed by atoms with van der Waals surface area (Å²) in [5.41, 5.74) is 0. The summed E-state index contributed by atoms with van der Waals surface area (Å²) in [5.74, 6) is 0. The zero-order chi connectivity index (χ0) is 6.53. The van der Waals surface area contributed by atoms with E-state index in [2.05, 4.69) is 5.32 Å². The van der Waals surface area contributed by atoms with Crippen molar-refractivity contribution in [2.45, 2.75) is 18.9 Å². The van der Waals surface area contributed by atoms with E-state index in [4.69, 9.17) is 9.84 Å². The average Bonchev–Trinajstić information content (AvgIpc) is 2.34. The summed E-state index contributed by atoms with van der Waals surface area (Å²) in [5, 5.41) is 11.6. The van der Waals surface area contributed by atoms with Crippen LogP contribution in [0.5, 0.6) is 0 Å². The van der Waals surface area contributed by atoms with Crippen molar-refractivity contribution in [3.8, 4) is 0 Å². The average molecular weight is 131 g/mol. The van der Waals surface area contributed by atoms with Gasteiger partial charge < -0.3 is 9.84 Å². The van der Waals surface area contributed by atoms with Gasteiger partial charge in [-0.05, 0) is 12.8 Å². The van der Waals surface area contributed by atoms with Gasteiger partial charge in [0.15, 0.2) is 0 Å². The lowest BCUT2D eigenvalue weighted by Crippen LogP contribution is -2.23. The number of ether oxygens (including phenoxy) is 1. The molecule has 0 amide bonds. The van der Waals surface area contributed by atoms with Crippen LogP contribution in [0.25, 0.3) is 0 Å². The fraction of sp³-hybridized carbons (Fsp3) is 1.00. The molecule has 3 nitrogen and oxygen atoms in total. The van der Waals surface area contributed by atoms with Gasteiger partial charge in [0.05, 0.1) is 13.3 Å². The zero-order valence-electron chi connectivity index (χ0n) is 5.47. The van der Waals surface area contributed by atoms with Crippen molar-refractivity contribution in [3.63, 3.8) is 0 Å². The van der Waals surface area contributed by atoms with Crippen molar-refractivity contribution < 1.29 is 9.84 Å². The van der Waals surface area contributed by atoms with E-state index in [9.17, 15) is 0 Å². The van der Waals surface area contributed by atoms with E-state index in [0.29, 0.717) is 12.8 Å². The molecule has 0 spiro atoms. The van der Waals surface area contributed by atoms with E-state index in [1.807, 2.05) is 0 Å². The summed E-state index contributed by atoms with van der Waals surface area (Å²) in [4.78, 5) is 0. The van der Waals surface area contributed by atoms with Gasteiger partial charge in [0.25, 0.3) is 0 Å². The molecule has 0 unspecified atom stereocenters. The molecule has 0 aromatic heterocycles. The first kappa shape index (κ1) is 6.99. The molecule has 2 N–H and O–H groups in total. The van der Waals surface area contributed by atoms with Crippen LogP contribution in [0.15, 0.2) is 0 Å². The summed E-state index contributed by atoms with van der Waals surface area (Å²) in [7, 11) is 0. The number of nitrogens with one attached hydrogen (secondary N) is 1. The Morgan fingerprint density at radius 3 is 3.11 bits per heavy atom. The number of hydrogen-bond donors (Lipinski definition) is 2. The molecule has 0 bridgehead atoms. The van der Waals surface area contributed by atoms with Crippen molar-refractivity contribution >= 4 is 0 Å². The molecule has 3 heteroatoms. The third-order valence-electron chi connectivity index (χ3n) is 1.50. The van der Waals surface area contributed by atoms with Crippen molar-refractivity contribution in [1.29, 1.82) is 0 Å². The molecule has 1 fully saturated rings. The van der Waals surface area contributed by atoms with E-state index >= 15 is 0 Å². The lowest BCUT2D eigenvalue weighted by Gasteiger charge is -2.04. The Labute approximate surface area is 55.0 Å². The molecule has 1 aliphatic rings. The van der Waals surface area contributed by atoms with E-state index in [1.54, 1.807) is 0 Å². The quantitative estimate of drug-likeness (QED) is 0.552. The zero-order valence-corrected chi connectivity index (χ0v) is 5.47. The molecule has 0 aliphatic carbocycles. The highest BCUT2D eigenvalue weighted by Gasteiger charge is 2.12. The maximum atomic E-state index is 8.46. The van der Waals surface area contributed by atoms with Crippen LogP contribution in [0.4, 0.5) is 0 Å². The second-order valence-corrected chi connectivity index (χ2v) is 2.28. The molecular formula is C6H13NO2. The minimum absolute atomic E-state index is 0.290. The Kier molecular flexibility index (Phi) is 2.97. The van der Waals surface area contributed by atoms with Crippen molar-refractivity contribution in [3.05, 3.63) is 0 Å². The van der Waals surface area contributed by atoms with Gasteiger partial charge in [0, 0.05) is 12.6 Å². The predicted octanol–water partition coefficient (Wildman–Crippen LogP) is -0.295. The molecule has 1 rings (SSSR count). The van der Waals surface area contributed by atoms with Crippen molar-refractivity contribution in [2.24, 2.45) is 0 Å². The van der Waals surface area contributed by atoms with Gasteiger partial charge in [0.1, 0.15) is 0 Å². The number of hydrogen-bond acceptors (Lipinski definition) is 3. The van der Waals surface area contributed by atoms with Crippen LogP contribution >= 0.6 is 0 Å². The standard InChI is InChI=1S/C6H13NO2/c8-3-1-2-6-4-9-5-7-6/h6-8H,1-5H2/t6-/m0/s1. The number of aliphatic hydroxyl groups excluding tert-OH is 1. The Hall–Kier alpha value is -0.120. The van der Waals surface area contributed by atoms with Gasteiger partial charge in [0.2, 0.25) is 0 Å². The fourth-order valence-corrected chi connectivity index (χ4v) is 0.960. The Bertz CT molecular complexity index is 71.5. The highest BCUT2D eigenvalue weighted by atomic mass is 16.5. The molecule has 0 aromatic carbocycles. The molecular weight excluding hydrogens is 118 g/mol. The third-order valence-corrected chi connectivity index (χ3v) is 1.50. The van der Waals surface area contributed by atoms with Crippen LogP contribution in [0.3, 0.4) is 0 Å². The van der Waals surface area contributed by atoms with Crippen molar-refractivity contribution in [2.75, 3.05) is 19.9 Å². The van der Waals surface area contributed by atoms with Gasteiger partial charge >= 0.3 is 0 Å². The SMILES string of the molecule is OCCC[C@H]1COCN1. The number of rotatable bonds is 3. The Balaban J connectivity index is 1.98. The van der Waals surface area contributed by atoms with Gasteiger partial charge in [-0.15, -0.1) is 0 Å². The normalized spacial score (nSPS) is 27.0. The summed E-state index contributed by atoms with van der Waals surface area (Å²) in [6.45, 7) is 1.77. The monoisotopic (exact) mass is 131 g/mol.